The number of anilines is 1. The van der Waals surface area contributed by atoms with E-state index >= 15 is 0 Å². The number of hydrogen-bond acceptors (Lipinski definition) is 5. The highest BCUT2D eigenvalue weighted by Crippen LogP contribution is 2.26. The lowest BCUT2D eigenvalue weighted by Gasteiger charge is -2.19. The lowest BCUT2D eigenvalue weighted by atomic mass is 10.2. The van der Waals surface area contributed by atoms with Crippen molar-refractivity contribution in [1.29, 1.82) is 0 Å². The molecule has 0 bridgehead atoms. The first kappa shape index (κ1) is 22.2. The van der Waals surface area contributed by atoms with Crippen LogP contribution >= 0.6 is 34.7 Å². The summed E-state index contributed by atoms with van der Waals surface area (Å²) in [5.74, 6) is 0.824. The van der Waals surface area contributed by atoms with E-state index in [1.54, 1.807) is 26.0 Å². The fourth-order valence-electron chi connectivity index (χ4n) is 2.47. The molecular formula is C18H23ClN2O3S3. The Labute approximate surface area is 174 Å². The van der Waals surface area contributed by atoms with Crippen molar-refractivity contribution >= 4 is 56.3 Å². The van der Waals surface area contributed by atoms with Crippen LogP contribution in [0.1, 0.15) is 24.3 Å². The highest BCUT2D eigenvalue weighted by Gasteiger charge is 2.22. The number of hydrogen-bond donors (Lipinski definition) is 1. The molecule has 0 aliphatic heterocycles. The summed E-state index contributed by atoms with van der Waals surface area (Å²) in [6.07, 6.45) is 0. The normalized spacial score (nSPS) is 11.7. The van der Waals surface area contributed by atoms with Crippen LogP contribution in [-0.4, -0.2) is 37.5 Å². The van der Waals surface area contributed by atoms with Crippen molar-refractivity contribution in [3.8, 4) is 0 Å². The van der Waals surface area contributed by atoms with Gasteiger partial charge in [0.15, 0.2) is 0 Å². The van der Waals surface area contributed by atoms with Crippen LogP contribution in [0.25, 0.3) is 0 Å². The molecule has 9 heteroatoms. The molecule has 2 aromatic rings. The number of sulfonamides is 1. The number of amides is 1. The molecule has 0 radical (unpaired) electrons. The van der Waals surface area contributed by atoms with E-state index in [1.165, 1.54) is 33.5 Å². The average molecular weight is 447 g/mol. The van der Waals surface area contributed by atoms with Crippen LogP contribution in [0.3, 0.4) is 0 Å². The molecule has 1 aromatic heterocycles. The third-order valence-electron chi connectivity index (χ3n) is 3.93. The Balaban J connectivity index is 2.04. The van der Waals surface area contributed by atoms with E-state index in [2.05, 4.69) is 5.32 Å². The predicted molar refractivity (Wildman–Crippen MR) is 115 cm³/mol. The molecule has 0 spiro atoms. The Hall–Kier alpha value is -1.06. The van der Waals surface area contributed by atoms with Gasteiger partial charge in [0.1, 0.15) is 0 Å². The van der Waals surface area contributed by atoms with E-state index in [1.807, 2.05) is 19.1 Å². The number of nitrogens with one attached hydrogen (secondary N) is 1. The number of carbonyl (C=O) groups is 1. The first-order valence-corrected chi connectivity index (χ1v) is 12.3. The van der Waals surface area contributed by atoms with Crippen LogP contribution in [-0.2, 0) is 20.6 Å². The standard InChI is InChI=1S/C18H23ClN2O3S3/c1-4-21(5-2)27(23,24)15-8-6-13(3)16(10-15)20-18(22)12-25-11-14-7-9-17(19)26-14/h6-10H,4-5,11-12H2,1-3H3,(H,20,22). The molecule has 0 saturated heterocycles. The molecule has 2 rings (SSSR count). The average Bonchev–Trinajstić information content (AvgIpc) is 3.02. The minimum Gasteiger partial charge on any atom is -0.325 e. The lowest BCUT2D eigenvalue weighted by Crippen LogP contribution is -2.30. The first-order chi connectivity index (χ1) is 12.8. The van der Waals surface area contributed by atoms with E-state index in [-0.39, 0.29) is 16.6 Å². The molecule has 1 heterocycles. The second-order valence-corrected chi connectivity index (χ2v) is 10.5. The molecule has 0 atom stereocenters. The van der Waals surface area contributed by atoms with Gasteiger partial charge >= 0.3 is 0 Å². The summed E-state index contributed by atoms with van der Waals surface area (Å²) in [4.78, 5) is 13.6. The van der Waals surface area contributed by atoms with Gasteiger partial charge in [-0.15, -0.1) is 23.1 Å². The second kappa shape index (κ2) is 9.93. The fourth-order valence-corrected chi connectivity index (χ4v) is 5.98. The van der Waals surface area contributed by atoms with Crippen molar-refractivity contribution in [1.82, 2.24) is 4.31 Å². The molecule has 1 aromatic carbocycles. The molecule has 0 fully saturated rings. The Morgan fingerprint density at radius 3 is 2.52 bits per heavy atom. The number of halogens is 1. The number of rotatable bonds is 9. The zero-order chi connectivity index (χ0) is 20.0. The zero-order valence-electron chi connectivity index (χ0n) is 15.5. The summed E-state index contributed by atoms with van der Waals surface area (Å²) in [7, 11) is -3.56. The maximum absolute atomic E-state index is 12.7. The third-order valence-corrected chi connectivity index (χ3v) is 8.37. The van der Waals surface area contributed by atoms with Gasteiger partial charge in [-0.3, -0.25) is 4.79 Å². The van der Waals surface area contributed by atoms with E-state index in [0.717, 1.165) is 14.8 Å². The van der Waals surface area contributed by atoms with E-state index < -0.39 is 10.0 Å². The van der Waals surface area contributed by atoms with Gasteiger partial charge in [0.2, 0.25) is 15.9 Å². The topological polar surface area (TPSA) is 66.5 Å². The number of nitrogens with zero attached hydrogens (tertiary/aromatic N) is 1. The van der Waals surface area contributed by atoms with Crippen molar-refractivity contribution in [3.05, 3.63) is 45.1 Å². The smallest absolute Gasteiger partial charge is 0.243 e. The predicted octanol–water partition coefficient (Wildman–Crippen LogP) is 4.61. The van der Waals surface area contributed by atoms with Crippen molar-refractivity contribution < 1.29 is 13.2 Å². The summed E-state index contributed by atoms with van der Waals surface area (Å²) < 4.78 is 27.5. The summed E-state index contributed by atoms with van der Waals surface area (Å²) in [5.41, 5.74) is 1.34. The maximum atomic E-state index is 12.7. The Kier molecular flexibility index (Phi) is 8.18. The quantitative estimate of drug-likeness (QED) is 0.610. The van der Waals surface area contributed by atoms with Crippen LogP contribution in [0.5, 0.6) is 0 Å². The molecule has 1 N–H and O–H groups in total. The minimum atomic E-state index is -3.56. The van der Waals surface area contributed by atoms with Crippen molar-refractivity contribution in [2.24, 2.45) is 0 Å². The van der Waals surface area contributed by atoms with Gasteiger partial charge < -0.3 is 5.32 Å². The molecule has 0 saturated carbocycles. The largest absolute Gasteiger partial charge is 0.325 e. The van der Waals surface area contributed by atoms with Gasteiger partial charge in [-0.25, -0.2) is 8.42 Å². The number of carbonyl (C=O) groups excluding carboxylic acids is 1. The molecule has 0 aliphatic rings. The molecule has 0 unspecified atom stereocenters. The third kappa shape index (κ3) is 5.96. The van der Waals surface area contributed by atoms with Crippen LogP contribution in [0.15, 0.2) is 35.2 Å². The molecule has 5 nitrogen and oxygen atoms in total. The van der Waals surface area contributed by atoms with E-state index in [0.29, 0.717) is 24.5 Å². The summed E-state index contributed by atoms with van der Waals surface area (Å²) >= 11 is 8.89. The van der Waals surface area contributed by atoms with Crippen molar-refractivity contribution in [3.63, 3.8) is 0 Å². The molecule has 1 amide bonds. The summed E-state index contributed by atoms with van der Waals surface area (Å²) in [6.45, 7) is 6.24. The molecule has 148 valence electrons. The maximum Gasteiger partial charge on any atom is 0.243 e. The second-order valence-electron chi connectivity index (χ2n) is 5.81. The van der Waals surface area contributed by atoms with Gasteiger partial charge in [-0.2, -0.15) is 4.31 Å². The van der Waals surface area contributed by atoms with Gasteiger partial charge in [0.25, 0.3) is 0 Å². The van der Waals surface area contributed by atoms with Crippen LogP contribution in [0.4, 0.5) is 5.69 Å². The summed E-state index contributed by atoms with van der Waals surface area (Å²) in [5, 5.41) is 2.82. The number of thiophene rings is 1. The van der Waals surface area contributed by atoms with Crippen molar-refractivity contribution in [2.75, 3.05) is 24.2 Å². The Morgan fingerprint density at radius 2 is 1.93 bits per heavy atom. The number of benzene rings is 1. The number of aryl methyl sites for hydroxylation is 1. The van der Waals surface area contributed by atoms with Gasteiger partial charge in [-0.05, 0) is 36.8 Å². The van der Waals surface area contributed by atoms with Crippen LogP contribution in [0, 0.1) is 6.92 Å². The van der Waals surface area contributed by atoms with E-state index in [4.69, 9.17) is 11.6 Å². The Bertz CT molecular complexity index is 893. The van der Waals surface area contributed by atoms with Gasteiger partial charge in [0, 0.05) is 29.4 Å². The van der Waals surface area contributed by atoms with Crippen LogP contribution in [0.2, 0.25) is 4.34 Å². The number of thioether (sulfide) groups is 1. The van der Waals surface area contributed by atoms with Gasteiger partial charge in [-0.1, -0.05) is 31.5 Å². The van der Waals surface area contributed by atoms with Crippen molar-refractivity contribution in [2.45, 2.75) is 31.4 Å². The highest BCUT2D eigenvalue weighted by atomic mass is 35.5. The minimum absolute atomic E-state index is 0.164. The van der Waals surface area contributed by atoms with E-state index in [9.17, 15) is 13.2 Å². The van der Waals surface area contributed by atoms with Crippen LogP contribution < -0.4 is 5.32 Å². The highest BCUT2D eigenvalue weighted by molar-refractivity contribution is 7.99. The molecule has 27 heavy (non-hydrogen) atoms. The first-order valence-electron chi connectivity index (χ1n) is 8.50. The SMILES string of the molecule is CCN(CC)S(=O)(=O)c1ccc(C)c(NC(=O)CSCc2ccc(Cl)s2)c1. The van der Waals surface area contributed by atoms with Gasteiger partial charge in [0.05, 0.1) is 15.0 Å². The monoisotopic (exact) mass is 446 g/mol. The molecule has 0 aliphatic carbocycles. The molecular weight excluding hydrogens is 424 g/mol. The Morgan fingerprint density at radius 1 is 1.22 bits per heavy atom. The zero-order valence-corrected chi connectivity index (χ0v) is 18.7. The lowest BCUT2D eigenvalue weighted by molar-refractivity contribution is -0.113. The fraction of sp³-hybridized carbons (Fsp3) is 0.389. The summed E-state index contributed by atoms with van der Waals surface area (Å²) in [6, 6.07) is 8.61.